The van der Waals surface area contributed by atoms with Gasteiger partial charge in [-0.05, 0) is 76.0 Å². The van der Waals surface area contributed by atoms with E-state index in [0.717, 1.165) is 25.4 Å². The molecule has 19 heavy (non-hydrogen) atoms. The summed E-state index contributed by atoms with van der Waals surface area (Å²) >= 11 is 0. The van der Waals surface area contributed by atoms with Crippen LogP contribution in [-0.2, 0) is 6.42 Å². The molecule has 2 rings (SSSR count). The summed E-state index contributed by atoms with van der Waals surface area (Å²) in [5, 5.41) is 3.47. The molecule has 1 unspecified atom stereocenters. The lowest BCUT2D eigenvalue weighted by molar-refractivity contribution is 0.275. The first-order valence-corrected chi connectivity index (χ1v) is 7.38. The van der Waals surface area contributed by atoms with E-state index in [4.69, 9.17) is 0 Å². The van der Waals surface area contributed by atoms with Crippen LogP contribution >= 0.6 is 0 Å². The predicted octanol–water partition coefficient (Wildman–Crippen LogP) is 2.69. The van der Waals surface area contributed by atoms with Gasteiger partial charge in [0.2, 0.25) is 0 Å². The topological polar surface area (TPSA) is 15.3 Å². The molecule has 3 heteroatoms. The Morgan fingerprint density at radius 2 is 2.05 bits per heavy atom. The number of piperidine rings is 1. The summed E-state index contributed by atoms with van der Waals surface area (Å²) in [4.78, 5) is 2.39. The summed E-state index contributed by atoms with van der Waals surface area (Å²) in [6, 6.07) is 6.86. The van der Waals surface area contributed by atoms with E-state index < -0.39 is 0 Å². The van der Waals surface area contributed by atoms with Gasteiger partial charge in [0, 0.05) is 6.54 Å². The monoisotopic (exact) mass is 264 g/mol. The minimum Gasteiger partial charge on any atom is -0.316 e. The highest BCUT2D eigenvalue weighted by atomic mass is 19.1. The third-order valence-corrected chi connectivity index (χ3v) is 4.01. The molecule has 1 heterocycles. The number of halogens is 1. The second-order valence-electron chi connectivity index (χ2n) is 5.68. The van der Waals surface area contributed by atoms with Crippen molar-refractivity contribution < 1.29 is 4.39 Å². The number of nitrogens with zero attached hydrogens (tertiary/aromatic N) is 1. The van der Waals surface area contributed by atoms with E-state index in [0.29, 0.717) is 0 Å². The van der Waals surface area contributed by atoms with Crippen LogP contribution in [0, 0.1) is 11.7 Å². The fourth-order valence-corrected chi connectivity index (χ4v) is 2.66. The molecular formula is C16H25FN2. The van der Waals surface area contributed by atoms with Crippen molar-refractivity contribution in [1.82, 2.24) is 10.2 Å². The van der Waals surface area contributed by atoms with Gasteiger partial charge in [-0.15, -0.1) is 0 Å². The second-order valence-corrected chi connectivity index (χ2v) is 5.68. The minimum absolute atomic E-state index is 0.151. The molecule has 0 aliphatic carbocycles. The first-order valence-electron chi connectivity index (χ1n) is 7.38. The predicted molar refractivity (Wildman–Crippen MR) is 77.8 cm³/mol. The third-order valence-electron chi connectivity index (χ3n) is 4.01. The summed E-state index contributed by atoms with van der Waals surface area (Å²) < 4.78 is 12.8. The average molecular weight is 264 g/mol. The van der Waals surface area contributed by atoms with Crippen LogP contribution in [0.5, 0.6) is 0 Å². The molecule has 0 radical (unpaired) electrons. The van der Waals surface area contributed by atoms with Gasteiger partial charge in [-0.3, -0.25) is 0 Å². The number of hydrogen-bond acceptors (Lipinski definition) is 2. The molecule has 1 aromatic rings. The van der Waals surface area contributed by atoms with Gasteiger partial charge in [-0.1, -0.05) is 12.1 Å². The van der Waals surface area contributed by atoms with Crippen LogP contribution in [0.1, 0.15) is 24.8 Å². The Labute approximate surface area is 116 Å². The molecule has 1 aliphatic heterocycles. The molecular weight excluding hydrogens is 239 g/mol. The molecule has 0 aromatic heterocycles. The zero-order chi connectivity index (χ0) is 13.5. The molecule has 1 fully saturated rings. The summed E-state index contributed by atoms with van der Waals surface area (Å²) in [7, 11) is 2.18. The van der Waals surface area contributed by atoms with E-state index in [-0.39, 0.29) is 5.82 Å². The van der Waals surface area contributed by atoms with Crippen LogP contribution in [0.25, 0.3) is 0 Å². The van der Waals surface area contributed by atoms with Gasteiger partial charge in [-0.25, -0.2) is 4.39 Å². The largest absolute Gasteiger partial charge is 0.316 e. The van der Waals surface area contributed by atoms with Crippen molar-refractivity contribution in [3.8, 4) is 0 Å². The van der Waals surface area contributed by atoms with E-state index in [1.165, 1.54) is 37.9 Å². The lowest BCUT2D eigenvalue weighted by Crippen LogP contribution is -2.32. The molecule has 1 saturated heterocycles. The van der Waals surface area contributed by atoms with Crippen molar-refractivity contribution in [3.05, 3.63) is 35.6 Å². The van der Waals surface area contributed by atoms with Crippen molar-refractivity contribution in [1.29, 1.82) is 0 Å². The highest BCUT2D eigenvalue weighted by molar-refractivity contribution is 5.16. The van der Waals surface area contributed by atoms with Gasteiger partial charge in [0.25, 0.3) is 0 Å². The lowest BCUT2D eigenvalue weighted by atomic mass is 9.96. The highest BCUT2D eigenvalue weighted by Gasteiger charge is 2.13. The van der Waals surface area contributed by atoms with Crippen molar-refractivity contribution in [3.63, 3.8) is 0 Å². The van der Waals surface area contributed by atoms with E-state index in [9.17, 15) is 4.39 Å². The average Bonchev–Trinajstić information content (AvgIpc) is 2.45. The zero-order valence-corrected chi connectivity index (χ0v) is 11.9. The summed E-state index contributed by atoms with van der Waals surface area (Å²) in [5.74, 6) is 0.698. The maximum atomic E-state index is 12.8. The van der Waals surface area contributed by atoms with Gasteiger partial charge in [-0.2, -0.15) is 0 Å². The molecule has 2 nitrogen and oxygen atoms in total. The Balaban J connectivity index is 1.63. The van der Waals surface area contributed by atoms with Crippen LogP contribution in [0.15, 0.2) is 24.3 Å². The normalized spacial score (nSPS) is 19.8. The van der Waals surface area contributed by atoms with Gasteiger partial charge < -0.3 is 10.2 Å². The van der Waals surface area contributed by atoms with E-state index >= 15 is 0 Å². The van der Waals surface area contributed by atoms with Gasteiger partial charge >= 0.3 is 0 Å². The lowest BCUT2D eigenvalue weighted by Gasteiger charge is -2.25. The molecule has 0 saturated carbocycles. The smallest absolute Gasteiger partial charge is 0.123 e. The third kappa shape index (κ3) is 5.29. The van der Waals surface area contributed by atoms with Crippen LogP contribution < -0.4 is 5.32 Å². The van der Waals surface area contributed by atoms with Crippen LogP contribution in [0.2, 0.25) is 0 Å². The standard InChI is InChI=1S/C16H25FN2/c1-19(12-9-15-3-2-10-18-13-15)11-8-14-4-6-16(17)7-5-14/h4-7,15,18H,2-3,8-13H2,1H3. The molecule has 106 valence electrons. The summed E-state index contributed by atoms with van der Waals surface area (Å²) in [6.07, 6.45) is 4.98. The minimum atomic E-state index is -0.151. The second kappa shape index (κ2) is 7.61. The van der Waals surface area contributed by atoms with Crippen molar-refractivity contribution in [2.24, 2.45) is 5.92 Å². The van der Waals surface area contributed by atoms with Crippen LogP contribution in [-0.4, -0.2) is 38.1 Å². The number of nitrogens with one attached hydrogen (secondary N) is 1. The molecule has 0 bridgehead atoms. The highest BCUT2D eigenvalue weighted by Crippen LogP contribution is 2.14. The molecule has 0 amide bonds. The quantitative estimate of drug-likeness (QED) is 0.850. The Kier molecular flexibility index (Phi) is 5.80. The zero-order valence-electron chi connectivity index (χ0n) is 11.9. The molecule has 1 atom stereocenters. The fraction of sp³-hybridized carbons (Fsp3) is 0.625. The molecule has 1 aromatic carbocycles. The number of rotatable bonds is 6. The Hall–Kier alpha value is -0.930. The Morgan fingerprint density at radius 1 is 1.26 bits per heavy atom. The summed E-state index contributed by atoms with van der Waals surface area (Å²) in [6.45, 7) is 4.59. The molecule has 0 spiro atoms. The molecule has 1 aliphatic rings. The maximum absolute atomic E-state index is 12.8. The Bertz CT molecular complexity index is 358. The van der Waals surface area contributed by atoms with Crippen molar-refractivity contribution >= 4 is 0 Å². The first-order chi connectivity index (χ1) is 9.24. The van der Waals surface area contributed by atoms with E-state index in [1.807, 2.05) is 12.1 Å². The molecule has 1 N–H and O–H groups in total. The first kappa shape index (κ1) is 14.5. The maximum Gasteiger partial charge on any atom is 0.123 e. The fourth-order valence-electron chi connectivity index (χ4n) is 2.66. The summed E-state index contributed by atoms with van der Waals surface area (Å²) in [5.41, 5.74) is 1.22. The van der Waals surface area contributed by atoms with Crippen molar-refractivity contribution in [2.75, 3.05) is 33.2 Å². The van der Waals surface area contributed by atoms with E-state index in [1.54, 1.807) is 12.1 Å². The van der Waals surface area contributed by atoms with Crippen molar-refractivity contribution in [2.45, 2.75) is 25.7 Å². The number of likely N-dealkylation sites (N-methyl/N-ethyl adjacent to an activating group) is 1. The van der Waals surface area contributed by atoms with Gasteiger partial charge in [0.15, 0.2) is 0 Å². The van der Waals surface area contributed by atoms with Gasteiger partial charge in [0.05, 0.1) is 0 Å². The SMILES string of the molecule is CN(CCc1ccc(F)cc1)CCC1CCCNC1. The van der Waals surface area contributed by atoms with Gasteiger partial charge in [0.1, 0.15) is 5.82 Å². The van der Waals surface area contributed by atoms with Crippen LogP contribution in [0.3, 0.4) is 0 Å². The Morgan fingerprint density at radius 3 is 2.74 bits per heavy atom. The van der Waals surface area contributed by atoms with E-state index in [2.05, 4.69) is 17.3 Å². The number of hydrogen-bond donors (Lipinski definition) is 1. The number of benzene rings is 1. The van der Waals surface area contributed by atoms with Crippen LogP contribution in [0.4, 0.5) is 4.39 Å².